The number of hydrogen-bond donors (Lipinski definition) is 4. The Labute approximate surface area is 231 Å². The van der Waals surface area contributed by atoms with Crippen LogP contribution < -0.4 is 15.4 Å². The first kappa shape index (κ1) is 28.0. The smallest absolute Gasteiger partial charge is 0.325 e. The molecule has 0 aliphatic rings. The van der Waals surface area contributed by atoms with Gasteiger partial charge in [-0.1, -0.05) is 54.1 Å². The monoisotopic (exact) mass is 564 g/mol. The summed E-state index contributed by atoms with van der Waals surface area (Å²) in [5.41, 5.74) is 4.99. The maximum atomic E-state index is 13.1. The third-order valence-electron chi connectivity index (χ3n) is 5.97. The Balaban J connectivity index is 1.46. The van der Waals surface area contributed by atoms with Crippen molar-refractivity contribution in [2.75, 3.05) is 10.6 Å². The first-order chi connectivity index (χ1) is 18.5. The van der Waals surface area contributed by atoms with Crippen LogP contribution in [0.15, 0.2) is 77.1 Å². The number of carboxylic acids is 1. The summed E-state index contributed by atoms with van der Waals surface area (Å²) in [6.07, 6.45) is 1.57. The summed E-state index contributed by atoms with van der Waals surface area (Å²) in [6.45, 7) is 5.27. The molecule has 2 amide bonds. The molecule has 202 valence electrons. The lowest BCUT2D eigenvalue weighted by atomic mass is 10.0. The molecule has 0 aliphatic carbocycles. The maximum Gasteiger partial charge on any atom is 0.325 e. The number of aliphatic carboxylic acids is 1. The largest absolute Gasteiger partial charge is 0.480 e. The summed E-state index contributed by atoms with van der Waals surface area (Å²) in [5, 5.41) is 17.5. The molecule has 0 fully saturated rings. The number of benzene rings is 3. The quantitative estimate of drug-likeness (QED) is 0.216. The number of sulfonamides is 1. The van der Waals surface area contributed by atoms with Gasteiger partial charge in [0.05, 0.1) is 4.90 Å². The molecular weight excluding hydrogens is 536 g/mol. The maximum absolute atomic E-state index is 13.1. The molecule has 0 radical (unpaired) electrons. The fraction of sp³-hybridized carbons (Fsp3) is 0.179. The zero-order valence-electron chi connectivity index (χ0n) is 21.6. The minimum atomic E-state index is -4.06. The average molecular weight is 565 g/mol. The predicted octanol–water partition coefficient (Wildman–Crippen LogP) is 5.35. The van der Waals surface area contributed by atoms with Crippen LogP contribution in [0.3, 0.4) is 0 Å². The van der Waals surface area contributed by atoms with Crippen molar-refractivity contribution < 1.29 is 23.1 Å². The Hall–Kier alpha value is -4.06. The van der Waals surface area contributed by atoms with Crippen molar-refractivity contribution in [1.82, 2.24) is 9.71 Å². The number of carbonyl (C=O) groups is 2. The number of anilines is 2. The van der Waals surface area contributed by atoms with Gasteiger partial charge < -0.3 is 10.4 Å². The molecule has 4 aromatic rings. The molecule has 0 aliphatic heterocycles. The third-order valence-corrected chi connectivity index (χ3v) is 8.43. The van der Waals surface area contributed by atoms with Gasteiger partial charge in [-0.05, 0) is 67.1 Å². The van der Waals surface area contributed by atoms with Gasteiger partial charge in [0, 0.05) is 17.3 Å². The molecule has 3 aromatic carbocycles. The van der Waals surface area contributed by atoms with Gasteiger partial charge >= 0.3 is 12.0 Å². The molecule has 9 nitrogen and oxygen atoms in total. The fourth-order valence-corrected chi connectivity index (χ4v) is 6.57. The van der Waals surface area contributed by atoms with Gasteiger partial charge in [0.1, 0.15) is 6.04 Å². The highest BCUT2D eigenvalue weighted by atomic mass is 32.2. The van der Waals surface area contributed by atoms with E-state index in [2.05, 4.69) is 20.3 Å². The van der Waals surface area contributed by atoms with Gasteiger partial charge in [0.25, 0.3) is 0 Å². The van der Waals surface area contributed by atoms with Crippen molar-refractivity contribution in [2.24, 2.45) is 0 Å². The number of aryl methyl sites for hydroxylation is 3. The van der Waals surface area contributed by atoms with E-state index in [0.717, 1.165) is 16.7 Å². The Kier molecular flexibility index (Phi) is 8.44. The molecule has 1 aromatic heterocycles. The van der Waals surface area contributed by atoms with Crippen LogP contribution in [0.25, 0.3) is 11.1 Å². The topological polar surface area (TPSA) is 137 Å². The number of aromatic nitrogens is 1. The van der Waals surface area contributed by atoms with Gasteiger partial charge in [-0.3, -0.25) is 10.1 Å². The molecule has 0 saturated carbocycles. The van der Waals surface area contributed by atoms with Crippen LogP contribution in [-0.2, 0) is 21.2 Å². The average Bonchev–Trinajstić information content (AvgIpc) is 3.36. The van der Waals surface area contributed by atoms with E-state index in [1.807, 2.05) is 37.3 Å². The van der Waals surface area contributed by atoms with Gasteiger partial charge in [-0.25, -0.2) is 18.2 Å². The van der Waals surface area contributed by atoms with E-state index in [4.69, 9.17) is 0 Å². The number of urea groups is 1. The Bertz CT molecular complexity index is 1580. The van der Waals surface area contributed by atoms with Crippen molar-refractivity contribution in [1.29, 1.82) is 0 Å². The summed E-state index contributed by atoms with van der Waals surface area (Å²) in [6, 6.07) is 16.2. The number of carboxylic acid groups (broad SMARTS) is 1. The van der Waals surface area contributed by atoms with E-state index in [1.165, 1.54) is 11.3 Å². The second-order valence-corrected chi connectivity index (χ2v) is 11.7. The van der Waals surface area contributed by atoms with E-state index in [9.17, 15) is 23.1 Å². The lowest BCUT2D eigenvalue weighted by Crippen LogP contribution is -2.42. The lowest BCUT2D eigenvalue weighted by molar-refractivity contribution is -0.138. The lowest BCUT2D eigenvalue weighted by Gasteiger charge is -2.18. The van der Waals surface area contributed by atoms with Crippen molar-refractivity contribution in [3.8, 4) is 11.1 Å². The van der Waals surface area contributed by atoms with E-state index in [0.29, 0.717) is 27.5 Å². The van der Waals surface area contributed by atoms with Crippen LogP contribution in [-0.4, -0.2) is 36.6 Å². The Morgan fingerprint density at radius 3 is 2.26 bits per heavy atom. The number of rotatable bonds is 9. The zero-order chi connectivity index (χ0) is 28.2. The first-order valence-electron chi connectivity index (χ1n) is 12.0. The second kappa shape index (κ2) is 11.8. The molecule has 0 saturated heterocycles. The van der Waals surface area contributed by atoms with Crippen molar-refractivity contribution in [3.05, 3.63) is 94.5 Å². The second-order valence-electron chi connectivity index (χ2n) is 9.14. The van der Waals surface area contributed by atoms with E-state index in [-0.39, 0.29) is 11.3 Å². The molecule has 0 spiro atoms. The number of nitrogens with zero attached hydrogens (tertiary/aromatic N) is 1. The summed E-state index contributed by atoms with van der Waals surface area (Å²) in [5.74, 6) is -1.26. The van der Waals surface area contributed by atoms with Crippen molar-refractivity contribution >= 4 is 44.2 Å². The summed E-state index contributed by atoms with van der Waals surface area (Å²) in [7, 11) is -4.06. The predicted molar refractivity (Wildman–Crippen MR) is 153 cm³/mol. The summed E-state index contributed by atoms with van der Waals surface area (Å²) < 4.78 is 28.6. The number of hydrogen-bond acceptors (Lipinski definition) is 6. The summed E-state index contributed by atoms with van der Waals surface area (Å²) in [4.78, 5) is 28.3. The molecular formula is C28H28N4O5S2. The number of amides is 2. The number of carbonyl (C=O) groups excluding carboxylic acids is 1. The first-order valence-corrected chi connectivity index (χ1v) is 14.4. The van der Waals surface area contributed by atoms with Crippen molar-refractivity contribution in [3.63, 3.8) is 0 Å². The van der Waals surface area contributed by atoms with E-state index in [1.54, 1.807) is 55.8 Å². The van der Waals surface area contributed by atoms with Crippen LogP contribution >= 0.6 is 11.3 Å². The zero-order valence-corrected chi connectivity index (χ0v) is 23.2. The van der Waals surface area contributed by atoms with Gasteiger partial charge in [-0.2, -0.15) is 4.72 Å². The molecule has 11 heteroatoms. The SMILES string of the molecule is Cc1cc(C)c(S(=O)(=O)NC(Cc2ccc(-c3cccc(NC(=O)Nc4nccs4)c3)cc2)C(=O)O)c(C)c1. The van der Waals surface area contributed by atoms with Crippen LogP contribution in [0, 0.1) is 20.8 Å². The molecule has 4 rings (SSSR count). The summed E-state index contributed by atoms with van der Waals surface area (Å²) >= 11 is 1.31. The molecule has 1 unspecified atom stereocenters. The molecule has 4 N–H and O–H groups in total. The minimum Gasteiger partial charge on any atom is -0.480 e. The van der Waals surface area contributed by atoms with Crippen LogP contribution in [0.5, 0.6) is 0 Å². The molecule has 39 heavy (non-hydrogen) atoms. The minimum absolute atomic E-state index is 0.0304. The highest BCUT2D eigenvalue weighted by molar-refractivity contribution is 7.89. The van der Waals surface area contributed by atoms with E-state index < -0.39 is 28.1 Å². The van der Waals surface area contributed by atoms with Crippen LogP contribution in [0.4, 0.5) is 15.6 Å². The van der Waals surface area contributed by atoms with Crippen LogP contribution in [0.1, 0.15) is 22.3 Å². The highest BCUT2D eigenvalue weighted by Crippen LogP contribution is 2.25. The van der Waals surface area contributed by atoms with E-state index >= 15 is 0 Å². The Morgan fingerprint density at radius 2 is 1.64 bits per heavy atom. The molecule has 0 bridgehead atoms. The third kappa shape index (κ3) is 7.08. The number of thiazole rings is 1. The van der Waals surface area contributed by atoms with Gasteiger partial charge in [-0.15, -0.1) is 11.3 Å². The normalized spacial score (nSPS) is 12.1. The Morgan fingerprint density at radius 1 is 0.949 bits per heavy atom. The molecule has 1 heterocycles. The van der Waals surface area contributed by atoms with Crippen molar-refractivity contribution in [2.45, 2.75) is 38.1 Å². The fourth-order valence-electron chi connectivity index (χ4n) is 4.41. The molecule has 1 atom stereocenters. The number of nitrogens with one attached hydrogen (secondary N) is 3. The highest BCUT2D eigenvalue weighted by Gasteiger charge is 2.28. The van der Waals surface area contributed by atoms with Gasteiger partial charge in [0.15, 0.2) is 5.13 Å². The standard InChI is InChI=1S/C28H28N4O5S2/c1-17-13-18(2)25(19(3)14-17)39(36,37)32-24(26(33)34)15-20-7-9-21(10-8-20)22-5-4-6-23(16-22)30-27(35)31-28-29-11-12-38-28/h4-14,16,24,32H,15H2,1-3H3,(H,33,34)(H2,29,30,31,35). The van der Waals surface area contributed by atoms with Gasteiger partial charge in [0.2, 0.25) is 10.0 Å². The van der Waals surface area contributed by atoms with Crippen LogP contribution in [0.2, 0.25) is 0 Å².